The fourth-order valence-electron chi connectivity index (χ4n) is 3.41. The molecule has 0 radical (unpaired) electrons. The molecule has 5 nitrogen and oxygen atoms in total. The van der Waals surface area contributed by atoms with Crippen LogP contribution in [-0.2, 0) is 4.79 Å². The molecule has 2 rings (SSSR count). The van der Waals surface area contributed by atoms with Gasteiger partial charge in [0.2, 0.25) is 0 Å². The third kappa shape index (κ3) is 2.84. The lowest BCUT2D eigenvalue weighted by atomic mass is 9.95. The average molecular weight is 254 g/mol. The summed E-state index contributed by atoms with van der Waals surface area (Å²) in [6, 6.07) is 0.554. The minimum absolute atomic E-state index is 0.0470. The van der Waals surface area contributed by atoms with Crippen molar-refractivity contribution in [2.75, 3.05) is 26.2 Å². The monoisotopic (exact) mass is 254 g/mol. The minimum Gasteiger partial charge on any atom is -0.298 e. The third-order valence-electron chi connectivity index (χ3n) is 4.30. The van der Waals surface area contributed by atoms with Crippen molar-refractivity contribution in [2.24, 2.45) is 11.8 Å². The van der Waals surface area contributed by atoms with E-state index in [-0.39, 0.29) is 11.9 Å². The molecule has 0 aromatic heterocycles. The van der Waals surface area contributed by atoms with Crippen molar-refractivity contribution in [1.82, 2.24) is 15.2 Å². The number of hydrogen-bond donors (Lipinski definition) is 2. The summed E-state index contributed by atoms with van der Waals surface area (Å²) in [5, 5.41) is 0. The first-order valence-corrected chi connectivity index (χ1v) is 7.12. The van der Waals surface area contributed by atoms with Gasteiger partial charge in [0.05, 0.1) is 6.04 Å². The molecule has 0 saturated carbocycles. The number of piperidine rings is 1. The largest absolute Gasteiger partial charge is 0.298 e. The summed E-state index contributed by atoms with van der Waals surface area (Å²) in [5.74, 6) is 5.56. The van der Waals surface area contributed by atoms with E-state index >= 15 is 0 Å². The van der Waals surface area contributed by atoms with Crippen LogP contribution in [0.1, 0.15) is 33.1 Å². The first-order chi connectivity index (χ1) is 8.63. The Morgan fingerprint density at radius 2 is 2.06 bits per heavy atom. The zero-order chi connectivity index (χ0) is 13.1. The Morgan fingerprint density at radius 3 is 2.72 bits per heavy atom. The van der Waals surface area contributed by atoms with Gasteiger partial charge in [0.1, 0.15) is 0 Å². The predicted octanol–water partition coefficient (Wildman–Crippen LogP) is 0.171. The van der Waals surface area contributed by atoms with Gasteiger partial charge < -0.3 is 0 Å². The smallest absolute Gasteiger partial charge is 0.251 e. The van der Waals surface area contributed by atoms with Crippen LogP contribution in [0.3, 0.4) is 0 Å². The minimum atomic E-state index is -0.0842. The van der Waals surface area contributed by atoms with Gasteiger partial charge in [-0.05, 0) is 25.3 Å². The Hall–Kier alpha value is -0.650. The van der Waals surface area contributed by atoms with Crippen LogP contribution in [0, 0.1) is 5.92 Å². The molecule has 2 fully saturated rings. The molecule has 2 atom stereocenters. The molecule has 0 aliphatic carbocycles. The van der Waals surface area contributed by atoms with Crippen LogP contribution in [-0.4, -0.2) is 54.0 Å². The number of nitrogens with two attached hydrogens (primary N) is 1. The number of carbonyl (C=O) groups is 1. The van der Waals surface area contributed by atoms with Crippen LogP contribution in [0.5, 0.6) is 0 Å². The summed E-state index contributed by atoms with van der Waals surface area (Å²) in [6.45, 7) is 8.49. The summed E-state index contributed by atoms with van der Waals surface area (Å²) in [6.07, 6.45) is 3.92. The Bertz CT molecular complexity index is 295. The highest BCUT2D eigenvalue weighted by atomic mass is 16.2. The van der Waals surface area contributed by atoms with Gasteiger partial charge in [0, 0.05) is 25.7 Å². The van der Waals surface area contributed by atoms with E-state index in [0.717, 1.165) is 19.6 Å². The number of fused-ring (bicyclic) bond motifs is 1. The van der Waals surface area contributed by atoms with Crippen LogP contribution in [0.2, 0.25) is 0 Å². The van der Waals surface area contributed by atoms with E-state index in [0.29, 0.717) is 12.0 Å². The quantitative estimate of drug-likeness (QED) is 0.428. The van der Waals surface area contributed by atoms with E-state index in [1.165, 1.54) is 25.8 Å². The van der Waals surface area contributed by atoms with E-state index in [2.05, 4.69) is 29.1 Å². The van der Waals surface area contributed by atoms with Crippen molar-refractivity contribution in [1.29, 1.82) is 0 Å². The third-order valence-corrected chi connectivity index (χ3v) is 4.30. The van der Waals surface area contributed by atoms with Gasteiger partial charge in [0.25, 0.3) is 5.91 Å². The molecule has 0 spiro atoms. The molecule has 5 heteroatoms. The number of hydrogen-bond acceptors (Lipinski definition) is 4. The molecule has 2 aliphatic heterocycles. The number of rotatable bonds is 3. The molecule has 2 saturated heterocycles. The van der Waals surface area contributed by atoms with Crippen molar-refractivity contribution in [3.05, 3.63) is 0 Å². The fraction of sp³-hybridized carbons (Fsp3) is 0.923. The highest BCUT2D eigenvalue weighted by molar-refractivity contribution is 5.81. The molecule has 18 heavy (non-hydrogen) atoms. The molecule has 0 bridgehead atoms. The predicted molar refractivity (Wildman–Crippen MR) is 71.7 cm³/mol. The highest BCUT2D eigenvalue weighted by Gasteiger charge is 2.35. The van der Waals surface area contributed by atoms with Gasteiger partial charge in [-0.3, -0.25) is 20.0 Å². The van der Waals surface area contributed by atoms with Crippen LogP contribution < -0.4 is 11.3 Å². The summed E-state index contributed by atoms with van der Waals surface area (Å²) in [4.78, 5) is 16.8. The summed E-state index contributed by atoms with van der Waals surface area (Å²) >= 11 is 0. The molecular weight excluding hydrogens is 228 g/mol. The Labute approximate surface area is 110 Å². The first-order valence-electron chi connectivity index (χ1n) is 7.12. The van der Waals surface area contributed by atoms with Crippen LogP contribution >= 0.6 is 0 Å². The summed E-state index contributed by atoms with van der Waals surface area (Å²) in [5.41, 5.74) is 2.32. The van der Waals surface area contributed by atoms with Crippen molar-refractivity contribution in [3.63, 3.8) is 0 Å². The maximum Gasteiger partial charge on any atom is 0.251 e. The van der Waals surface area contributed by atoms with Gasteiger partial charge in [-0.1, -0.05) is 20.3 Å². The number of nitrogens with zero attached hydrogens (tertiary/aromatic N) is 2. The van der Waals surface area contributed by atoms with E-state index in [1.54, 1.807) is 0 Å². The molecule has 3 N–H and O–H groups in total. The van der Waals surface area contributed by atoms with Gasteiger partial charge in [-0.15, -0.1) is 0 Å². The summed E-state index contributed by atoms with van der Waals surface area (Å²) in [7, 11) is 0. The molecule has 2 heterocycles. The van der Waals surface area contributed by atoms with Gasteiger partial charge >= 0.3 is 0 Å². The second-order valence-electron chi connectivity index (χ2n) is 5.88. The van der Waals surface area contributed by atoms with E-state index in [1.807, 2.05) is 0 Å². The molecule has 0 aromatic rings. The van der Waals surface area contributed by atoms with Crippen molar-refractivity contribution >= 4 is 5.91 Å². The highest BCUT2D eigenvalue weighted by Crippen LogP contribution is 2.24. The maximum absolute atomic E-state index is 11.9. The lowest BCUT2D eigenvalue weighted by molar-refractivity contribution is -0.129. The SMILES string of the molecule is CC(C)C(C(=O)NN)N1CCN2CCCCC2C1. The second-order valence-corrected chi connectivity index (χ2v) is 5.88. The lowest BCUT2D eigenvalue weighted by Gasteiger charge is -2.46. The Morgan fingerprint density at radius 1 is 1.28 bits per heavy atom. The number of hydrazine groups is 1. The summed E-state index contributed by atoms with van der Waals surface area (Å²) < 4.78 is 0. The topological polar surface area (TPSA) is 61.6 Å². The fourth-order valence-corrected chi connectivity index (χ4v) is 3.41. The number of nitrogens with one attached hydrogen (secondary N) is 1. The van der Waals surface area contributed by atoms with Crippen molar-refractivity contribution in [2.45, 2.75) is 45.2 Å². The van der Waals surface area contributed by atoms with Gasteiger partial charge in [-0.2, -0.15) is 0 Å². The van der Waals surface area contributed by atoms with Crippen LogP contribution in [0.25, 0.3) is 0 Å². The molecular formula is C13H26N4O. The number of piperazine rings is 1. The van der Waals surface area contributed by atoms with Crippen LogP contribution in [0.15, 0.2) is 0 Å². The second kappa shape index (κ2) is 5.99. The normalized spacial score (nSPS) is 27.9. The van der Waals surface area contributed by atoms with Crippen molar-refractivity contribution in [3.8, 4) is 0 Å². The molecule has 2 aliphatic rings. The molecule has 0 aromatic carbocycles. The van der Waals surface area contributed by atoms with Gasteiger partial charge in [-0.25, -0.2) is 5.84 Å². The van der Waals surface area contributed by atoms with E-state index in [4.69, 9.17) is 5.84 Å². The number of carbonyl (C=O) groups excluding carboxylic acids is 1. The average Bonchev–Trinajstić information content (AvgIpc) is 2.38. The first kappa shape index (κ1) is 13.8. The molecule has 2 unspecified atom stereocenters. The molecule has 1 amide bonds. The van der Waals surface area contributed by atoms with Crippen molar-refractivity contribution < 1.29 is 4.79 Å². The van der Waals surface area contributed by atoms with Gasteiger partial charge in [0.15, 0.2) is 0 Å². The zero-order valence-electron chi connectivity index (χ0n) is 11.6. The van der Waals surface area contributed by atoms with E-state index < -0.39 is 0 Å². The number of amides is 1. The van der Waals surface area contributed by atoms with E-state index in [9.17, 15) is 4.79 Å². The molecule has 104 valence electrons. The lowest BCUT2D eigenvalue weighted by Crippen LogP contribution is -2.61. The Kier molecular flexibility index (Phi) is 4.59. The maximum atomic E-state index is 11.9. The van der Waals surface area contributed by atoms with Crippen LogP contribution in [0.4, 0.5) is 0 Å². The Balaban J connectivity index is 2.01. The standard InChI is InChI=1S/C13H26N4O/c1-10(2)12(13(18)15-14)17-8-7-16-6-4-3-5-11(16)9-17/h10-12H,3-9,14H2,1-2H3,(H,15,18). The zero-order valence-corrected chi connectivity index (χ0v) is 11.6.